The van der Waals surface area contributed by atoms with Crippen molar-refractivity contribution in [2.24, 2.45) is 0 Å². The zero-order chi connectivity index (χ0) is 27.2. The van der Waals surface area contributed by atoms with Gasteiger partial charge in [-0.1, -0.05) is 6.07 Å². The molecule has 0 spiro atoms. The summed E-state index contributed by atoms with van der Waals surface area (Å²) in [6.45, 7) is 1.83. The highest BCUT2D eigenvalue weighted by Gasteiger charge is 2.48. The second-order valence-corrected chi connectivity index (χ2v) is 9.43. The van der Waals surface area contributed by atoms with Crippen molar-refractivity contribution >= 4 is 17.3 Å². The molecule has 1 amide bonds. The number of aryl methyl sites for hydroxylation is 1. The van der Waals surface area contributed by atoms with E-state index in [2.05, 4.69) is 15.5 Å². The van der Waals surface area contributed by atoms with Crippen LogP contribution in [0.25, 0.3) is 11.1 Å². The lowest BCUT2D eigenvalue weighted by Gasteiger charge is -2.48. The summed E-state index contributed by atoms with van der Waals surface area (Å²) < 4.78 is 75.2. The largest absolute Gasteiger partial charge is 0.435 e. The number of halogens is 5. The minimum atomic E-state index is -4.76. The maximum Gasteiger partial charge on any atom is 0.435 e. The van der Waals surface area contributed by atoms with Crippen molar-refractivity contribution in [3.05, 3.63) is 70.8 Å². The van der Waals surface area contributed by atoms with Gasteiger partial charge in [0.05, 0.1) is 37.6 Å². The molecule has 7 nitrogen and oxygen atoms in total. The van der Waals surface area contributed by atoms with E-state index in [1.807, 2.05) is 0 Å². The molecule has 2 aromatic carbocycles. The molecule has 2 N–H and O–H groups in total. The van der Waals surface area contributed by atoms with Crippen molar-refractivity contribution in [3.63, 3.8) is 0 Å². The van der Waals surface area contributed by atoms with Gasteiger partial charge < -0.3 is 20.1 Å². The SMILES string of the molecule is Cc1ccc(NC(=O)c2cnnc(C(F)(F)F)c2)cc1-c1cc2c(cc1F)C[C@@](F)(CO)[C@@H]1COCCN21. The highest BCUT2D eigenvalue weighted by molar-refractivity contribution is 6.04. The number of aliphatic hydroxyl groups excluding tert-OH is 1. The quantitative estimate of drug-likeness (QED) is 0.485. The van der Waals surface area contributed by atoms with Crippen molar-refractivity contribution in [1.82, 2.24) is 10.2 Å². The van der Waals surface area contributed by atoms with Gasteiger partial charge in [-0.3, -0.25) is 4.79 Å². The molecule has 200 valence electrons. The number of morpholine rings is 1. The van der Waals surface area contributed by atoms with E-state index in [-0.39, 0.29) is 29.8 Å². The summed E-state index contributed by atoms with van der Waals surface area (Å²) in [5.41, 5.74) is -1.01. The molecule has 0 aliphatic carbocycles. The first-order chi connectivity index (χ1) is 18.0. The highest BCUT2D eigenvalue weighted by Crippen LogP contribution is 2.43. The van der Waals surface area contributed by atoms with E-state index in [1.54, 1.807) is 30.0 Å². The Kier molecular flexibility index (Phi) is 6.56. The Bertz CT molecular complexity index is 1400. The Morgan fingerprint density at radius 3 is 2.76 bits per heavy atom. The van der Waals surface area contributed by atoms with Gasteiger partial charge in [0, 0.05) is 29.9 Å². The number of benzene rings is 2. The summed E-state index contributed by atoms with van der Waals surface area (Å²) in [5.74, 6) is -1.46. The molecule has 0 radical (unpaired) electrons. The molecule has 2 atom stereocenters. The Morgan fingerprint density at radius 2 is 2.03 bits per heavy atom. The van der Waals surface area contributed by atoms with Crippen molar-refractivity contribution < 1.29 is 36.6 Å². The summed E-state index contributed by atoms with van der Waals surface area (Å²) in [6, 6.07) is 7.45. The number of fused-ring (bicyclic) bond motifs is 3. The maximum absolute atomic E-state index is 15.5. The fourth-order valence-electron chi connectivity index (χ4n) is 4.96. The van der Waals surface area contributed by atoms with Gasteiger partial charge in [0.15, 0.2) is 11.4 Å². The number of aliphatic hydroxyl groups is 1. The highest BCUT2D eigenvalue weighted by atomic mass is 19.4. The maximum atomic E-state index is 15.5. The average Bonchev–Trinajstić information content (AvgIpc) is 2.89. The molecular formula is C26H23F5N4O3. The molecule has 3 aromatic rings. The lowest BCUT2D eigenvalue weighted by Crippen LogP contribution is -2.62. The van der Waals surface area contributed by atoms with Gasteiger partial charge in [0.1, 0.15) is 5.82 Å². The Balaban J connectivity index is 1.49. The van der Waals surface area contributed by atoms with Crippen LogP contribution in [-0.4, -0.2) is 59.3 Å². The Hall–Kier alpha value is -3.64. The van der Waals surface area contributed by atoms with E-state index in [0.717, 1.165) is 6.20 Å². The third-order valence-corrected chi connectivity index (χ3v) is 6.94. The van der Waals surface area contributed by atoms with Crippen LogP contribution in [0.15, 0.2) is 42.6 Å². The molecule has 0 unspecified atom stereocenters. The zero-order valence-corrected chi connectivity index (χ0v) is 20.1. The fourth-order valence-corrected chi connectivity index (χ4v) is 4.96. The van der Waals surface area contributed by atoms with Gasteiger partial charge >= 0.3 is 6.18 Å². The van der Waals surface area contributed by atoms with E-state index in [0.29, 0.717) is 41.6 Å². The van der Waals surface area contributed by atoms with Gasteiger partial charge in [-0.05, 0) is 53.9 Å². The number of carbonyl (C=O) groups is 1. The molecule has 3 heterocycles. The van der Waals surface area contributed by atoms with E-state index >= 15 is 8.78 Å². The van der Waals surface area contributed by atoms with Crippen LogP contribution in [0.1, 0.15) is 27.2 Å². The first kappa shape index (κ1) is 26.0. The topological polar surface area (TPSA) is 87.6 Å². The number of hydrogen-bond acceptors (Lipinski definition) is 6. The van der Waals surface area contributed by atoms with Crippen LogP contribution in [0.2, 0.25) is 0 Å². The molecule has 38 heavy (non-hydrogen) atoms. The van der Waals surface area contributed by atoms with Crippen LogP contribution in [0.4, 0.5) is 33.3 Å². The zero-order valence-electron chi connectivity index (χ0n) is 20.1. The molecule has 2 aliphatic rings. The van der Waals surface area contributed by atoms with Crippen LogP contribution in [0, 0.1) is 12.7 Å². The van der Waals surface area contributed by atoms with E-state index < -0.39 is 41.9 Å². The molecule has 1 saturated heterocycles. The normalized spacial score (nSPS) is 21.0. The standard InChI is InChI=1S/C26H23F5N4O3/c1-14-2-3-17(33-24(37)16-7-22(26(29,30)31)34-32-11-16)8-18(14)19-9-21-15(6-20(19)27)10-25(28,13-36)23-12-38-5-4-35(21)23/h2-3,6-9,11,23,36H,4-5,10,12-13H2,1H3,(H,33,37)/t23-,25+/m0/s1. The molecule has 0 saturated carbocycles. The van der Waals surface area contributed by atoms with Gasteiger partial charge in [0.2, 0.25) is 0 Å². The van der Waals surface area contributed by atoms with E-state index in [9.17, 15) is 23.1 Å². The Labute approximate surface area is 214 Å². The molecule has 2 aliphatic heterocycles. The number of aromatic nitrogens is 2. The molecule has 5 rings (SSSR count). The van der Waals surface area contributed by atoms with Crippen LogP contribution in [0.3, 0.4) is 0 Å². The summed E-state index contributed by atoms with van der Waals surface area (Å²) >= 11 is 0. The lowest BCUT2D eigenvalue weighted by atomic mass is 9.82. The minimum Gasteiger partial charge on any atom is -0.393 e. The van der Waals surface area contributed by atoms with Gasteiger partial charge in [-0.2, -0.15) is 18.3 Å². The number of alkyl halides is 4. The molecular weight excluding hydrogens is 511 g/mol. The molecule has 1 aromatic heterocycles. The summed E-state index contributed by atoms with van der Waals surface area (Å²) in [6.07, 6.45) is -4.02. The number of ether oxygens (including phenoxy) is 1. The van der Waals surface area contributed by atoms with Crippen LogP contribution in [-0.2, 0) is 17.3 Å². The number of carbonyl (C=O) groups excluding carboxylic acids is 1. The van der Waals surface area contributed by atoms with Crippen molar-refractivity contribution in [2.45, 2.75) is 31.2 Å². The van der Waals surface area contributed by atoms with E-state index in [1.165, 1.54) is 12.1 Å². The first-order valence-corrected chi connectivity index (χ1v) is 11.8. The van der Waals surface area contributed by atoms with Gasteiger partial charge in [-0.15, -0.1) is 5.10 Å². The summed E-state index contributed by atoms with van der Waals surface area (Å²) in [5, 5.41) is 18.5. The first-order valence-electron chi connectivity index (χ1n) is 11.8. The van der Waals surface area contributed by atoms with Gasteiger partial charge in [0.25, 0.3) is 5.91 Å². The van der Waals surface area contributed by atoms with Crippen molar-refractivity contribution in [2.75, 3.05) is 36.6 Å². The van der Waals surface area contributed by atoms with Crippen LogP contribution < -0.4 is 10.2 Å². The number of anilines is 2. The van der Waals surface area contributed by atoms with Gasteiger partial charge in [-0.25, -0.2) is 8.78 Å². The molecule has 12 heteroatoms. The Morgan fingerprint density at radius 1 is 1.24 bits per heavy atom. The number of rotatable bonds is 4. The lowest BCUT2D eigenvalue weighted by molar-refractivity contribution is -0.141. The van der Waals surface area contributed by atoms with E-state index in [4.69, 9.17) is 4.74 Å². The molecule has 0 bridgehead atoms. The monoisotopic (exact) mass is 534 g/mol. The summed E-state index contributed by atoms with van der Waals surface area (Å²) in [4.78, 5) is 14.4. The third kappa shape index (κ3) is 4.69. The predicted molar refractivity (Wildman–Crippen MR) is 128 cm³/mol. The fraction of sp³-hybridized carbons (Fsp3) is 0.346. The third-order valence-electron chi connectivity index (χ3n) is 6.94. The summed E-state index contributed by atoms with van der Waals surface area (Å²) in [7, 11) is 0. The number of hydrogen-bond donors (Lipinski definition) is 2. The van der Waals surface area contributed by atoms with Crippen molar-refractivity contribution in [1.29, 1.82) is 0 Å². The minimum absolute atomic E-state index is 0.0870. The van der Waals surface area contributed by atoms with Crippen LogP contribution >= 0.6 is 0 Å². The average molecular weight is 534 g/mol. The molecule has 1 fully saturated rings. The smallest absolute Gasteiger partial charge is 0.393 e. The predicted octanol–water partition coefficient (Wildman–Crippen LogP) is 4.32. The number of nitrogens with one attached hydrogen (secondary N) is 1. The van der Waals surface area contributed by atoms with Crippen molar-refractivity contribution in [3.8, 4) is 11.1 Å². The number of amides is 1. The second-order valence-electron chi connectivity index (χ2n) is 9.43. The van der Waals surface area contributed by atoms with Crippen LogP contribution in [0.5, 0.6) is 0 Å². The number of nitrogens with zero attached hydrogens (tertiary/aromatic N) is 3. The second kappa shape index (κ2) is 9.59.